The zero-order valence-corrected chi connectivity index (χ0v) is 15.7. The van der Waals surface area contributed by atoms with E-state index in [1.165, 1.54) is 18.2 Å². The Morgan fingerprint density at radius 3 is 2.59 bits per heavy atom. The van der Waals surface area contributed by atoms with E-state index in [1.807, 2.05) is 25.2 Å². The quantitative estimate of drug-likeness (QED) is 0.391. The predicted octanol–water partition coefficient (Wildman–Crippen LogP) is 3.64. The molecule has 0 atom stereocenters. The Morgan fingerprint density at radius 2 is 1.93 bits per heavy atom. The highest BCUT2D eigenvalue weighted by Crippen LogP contribution is 2.27. The first kappa shape index (κ1) is 20.2. The number of ether oxygens (including phenoxy) is 1. The summed E-state index contributed by atoms with van der Waals surface area (Å²) in [4.78, 5) is 25.0. The van der Waals surface area contributed by atoms with Gasteiger partial charge in [0.1, 0.15) is 0 Å². The van der Waals surface area contributed by atoms with Crippen LogP contribution in [-0.2, 0) is 0 Å². The van der Waals surface area contributed by atoms with Gasteiger partial charge in [-0.15, -0.1) is 0 Å². The molecule has 0 spiro atoms. The minimum absolute atomic E-state index is 0.169. The highest BCUT2D eigenvalue weighted by Gasteiger charge is 2.18. The summed E-state index contributed by atoms with van der Waals surface area (Å²) in [6, 6.07) is 14.4. The standard InChI is InChI=1S/C20H25N3O4/c1-3-27-19-12-11-16(15-18(19)23(25)26)20(24)21-13-7-8-14-22(2)17-9-5-4-6-10-17/h4-6,9-12,15H,3,7-8,13-14H2,1-2H3,(H,21,24). The summed E-state index contributed by atoms with van der Waals surface area (Å²) in [5, 5.41) is 13.9. The van der Waals surface area contributed by atoms with E-state index >= 15 is 0 Å². The first-order valence-corrected chi connectivity index (χ1v) is 8.98. The van der Waals surface area contributed by atoms with Gasteiger partial charge in [0.25, 0.3) is 5.91 Å². The van der Waals surface area contributed by atoms with E-state index in [2.05, 4.69) is 22.3 Å². The lowest BCUT2D eigenvalue weighted by atomic mass is 10.1. The van der Waals surface area contributed by atoms with E-state index < -0.39 is 4.92 Å². The molecule has 0 aliphatic rings. The lowest BCUT2D eigenvalue weighted by Crippen LogP contribution is -2.26. The van der Waals surface area contributed by atoms with E-state index in [0.29, 0.717) is 13.2 Å². The molecule has 7 heteroatoms. The van der Waals surface area contributed by atoms with Gasteiger partial charge in [0, 0.05) is 37.5 Å². The van der Waals surface area contributed by atoms with Crippen LogP contribution in [-0.4, -0.2) is 37.6 Å². The van der Waals surface area contributed by atoms with Gasteiger partial charge in [-0.1, -0.05) is 18.2 Å². The van der Waals surface area contributed by atoms with Crippen molar-refractivity contribution in [3.63, 3.8) is 0 Å². The number of unbranched alkanes of at least 4 members (excludes halogenated alkanes) is 1. The minimum atomic E-state index is -0.540. The molecule has 0 radical (unpaired) electrons. The molecular weight excluding hydrogens is 346 g/mol. The summed E-state index contributed by atoms with van der Waals surface area (Å²) in [5.74, 6) is -0.152. The lowest BCUT2D eigenvalue weighted by Gasteiger charge is -2.19. The van der Waals surface area contributed by atoms with Gasteiger partial charge in [-0.2, -0.15) is 0 Å². The molecule has 27 heavy (non-hydrogen) atoms. The smallest absolute Gasteiger partial charge is 0.311 e. The molecule has 0 aliphatic carbocycles. The molecule has 2 rings (SSSR count). The van der Waals surface area contributed by atoms with Crippen LogP contribution in [0.4, 0.5) is 11.4 Å². The SMILES string of the molecule is CCOc1ccc(C(=O)NCCCCN(C)c2ccccc2)cc1[N+](=O)[O-]. The van der Waals surface area contributed by atoms with Gasteiger partial charge in [-0.3, -0.25) is 14.9 Å². The molecule has 0 fully saturated rings. The Balaban J connectivity index is 1.80. The molecular formula is C20H25N3O4. The predicted molar refractivity (Wildman–Crippen MR) is 106 cm³/mol. The Hall–Kier alpha value is -3.09. The number of nitro benzene ring substituents is 1. The molecule has 2 aromatic carbocycles. The average Bonchev–Trinajstić information content (AvgIpc) is 2.68. The highest BCUT2D eigenvalue weighted by molar-refractivity contribution is 5.95. The van der Waals surface area contributed by atoms with Crippen molar-refractivity contribution in [1.29, 1.82) is 0 Å². The number of nitrogens with one attached hydrogen (secondary N) is 1. The maximum absolute atomic E-state index is 12.2. The van der Waals surface area contributed by atoms with Gasteiger partial charge >= 0.3 is 5.69 Å². The summed E-state index contributed by atoms with van der Waals surface area (Å²) < 4.78 is 5.23. The van der Waals surface area contributed by atoms with Crippen LogP contribution < -0.4 is 15.0 Å². The van der Waals surface area contributed by atoms with Crippen LogP contribution in [0, 0.1) is 10.1 Å². The summed E-state index contributed by atoms with van der Waals surface area (Å²) in [5.41, 5.74) is 1.21. The van der Waals surface area contributed by atoms with Crippen molar-refractivity contribution in [2.45, 2.75) is 19.8 Å². The number of anilines is 1. The Morgan fingerprint density at radius 1 is 1.19 bits per heavy atom. The lowest BCUT2D eigenvalue weighted by molar-refractivity contribution is -0.385. The van der Waals surface area contributed by atoms with Crippen molar-refractivity contribution < 1.29 is 14.5 Å². The maximum Gasteiger partial charge on any atom is 0.311 e. The molecule has 0 saturated carbocycles. The van der Waals surface area contributed by atoms with Crippen LogP contribution in [0.2, 0.25) is 0 Å². The van der Waals surface area contributed by atoms with Gasteiger partial charge in [0.05, 0.1) is 11.5 Å². The molecule has 2 aromatic rings. The van der Waals surface area contributed by atoms with E-state index in [4.69, 9.17) is 4.74 Å². The van der Waals surface area contributed by atoms with E-state index in [1.54, 1.807) is 6.92 Å². The molecule has 0 heterocycles. The maximum atomic E-state index is 12.2. The van der Waals surface area contributed by atoms with Crippen LogP contribution in [0.3, 0.4) is 0 Å². The number of carbonyl (C=O) groups is 1. The van der Waals surface area contributed by atoms with Crippen molar-refractivity contribution >= 4 is 17.3 Å². The number of rotatable bonds is 10. The first-order chi connectivity index (χ1) is 13.0. The number of para-hydroxylation sites is 1. The molecule has 0 bridgehead atoms. The first-order valence-electron chi connectivity index (χ1n) is 8.98. The summed E-state index contributed by atoms with van der Waals surface area (Å²) in [6.45, 7) is 3.47. The van der Waals surface area contributed by atoms with Crippen LogP contribution in [0.15, 0.2) is 48.5 Å². The molecule has 0 aromatic heterocycles. The monoisotopic (exact) mass is 371 g/mol. The van der Waals surface area contributed by atoms with E-state index in [0.717, 1.165) is 25.1 Å². The van der Waals surface area contributed by atoms with Crippen molar-refractivity contribution in [3.8, 4) is 5.75 Å². The fourth-order valence-electron chi connectivity index (χ4n) is 2.67. The number of benzene rings is 2. The van der Waals surface area contributed by atoms with Crippen molar-refractivity contribution in [2.75, 3.05) is 31.6 Å². The van der Waals surface area contributed by atoms with Crippen molar-refractivity contribution in [2.24, 2.45) is 0 Å². The molecule has 0 aliphatic heterocycles. The number of carbonyl (C=O) groups excluding carboxylic acids is 1. The van der Waals surface area contributed by atoms with Crippen LogP contribution in [0.5, 0.6) is 5.75 Å². The zero-order chi connectivity index (χ0) is 19.6. The summed E-state index contributed by atoms with van der Waals surface area (Å²) in [7, 11) is 2.03. The van der Waals surface area contributed by atoms with Crippen molar-refractivity contribution in [1.82, 2.24) is 5.32 Å². The summed E-state index contributed by atoms with van der Waals surface area (Å²) >= 11 is 0. The third-order valence-corrected chi connectivity index (χ3v) is 4.12. The zero-order valence-electron chi connectivity index (χ0n) is 15.7. The van der Waals surface area contributed by atoms with Crippen LogP contribution in [0.25, 0.3) is 0 Å². The average molecular weight is 371 g/mol. The molecule has 144 valence electrons. The third kappa shape index (κ3) is 5.99. The molecule has 7 nitrogen and oxygen atoms in total. The van der Waals surface area contributed by atoms with Crippen molar-refractivity contribution in [3.05, 3.63) is 64.2 Å². The number of nitro groups is 1. The third-order valence-electron chi connectivity index (χ3n) is 4.12. The van der Waals surface area contributed by atoms with Gasteiger partial charge in [0.2, 0.25) is 0 Å². The number of hydrogen-bond donors (Lipinski definition) is 1. The number of nitrogens with zero attached hydrogens (tertiary/aromatic N) is 2. The second-order valence-electron chi connectivity index (χ2n) is 6.09. The Kier molecular flexibility index (Phi) is 7.61. The van der Waals surface area contributed by atoms with Crippen LogP contribution >= 0.6 is 0 Å². The second kappa shape index (κ2) is 10.2. The number of amides is 1. The summed E-state index contributed by atoms with van der Waals surface area (Å²) in [6.07, 6.45) is 1.75. The normalized spacial score (nSPS) is 10.3. The largest absolute Gasteiger partial charge is 0.487 e. The van der Waals surface area contributed by atoms with Gasteiger partial charge in [-0.25, -0.2) is 0 Å². The van der Waals surface area contributed by atoms with Crippen LogP contribution in [0.1, 0.15) is 30.1 Å². The fraction of sp³-hybridized carbons (Fsp3) is 0.350. The fourth-order valence-corrected chi connectivity index (χ4v) is 2.67. The molecule has 0 unspecified atom stereocenters. The minimum Gasteiger partial charge on any atom is -0.487 e. The molecule has 1 amide bonds. The van der Waals surface area contributed by atoms with Gasteiger partial charge < -0.3 is 15.0 Å². The topological polar surface area (TPSA) is 84.7 Å². The molecule has 1 N–H and O–H groups in total. The van der Waals surface area contributed by atoms with Gasteiger partial charge in [0.15, 0.2) is 5.75 Å². The Bertz CT molecular complexity index is 765. The highest BCUT2D eigenvalue weighted by atomic mass is 16.6. The van der Waals surface area contributed by atoms with E-state index in [9.17, 15) is 14.9 Å². The molecule has 0 saturated heterocycles. The number of hydrogen-bond acceptors (Lipinski definition) is 5. The second-order valence-corrected chi connectivity index (χ2v) is 6.09. The van der Waals surface area contributed by atoms with Gasteiger partial charge in [-0.05, 0) is 44.0 Å². The Labute approximate surface area is 159 Å². The van der Waals surface area contributed by atoms with E-state index in [-0.39, 0.29) is 22.9 Å².